The van der Waals surface area contributed by atoms with E-state index in [1.807, 2.05) is 0 Å². The molecule has 0 aromatic carbocycles. The molecule has 0 aliphatic rings. The van der Waals surface area contributed by atoms with Crippen LogP contribution in [0.2, 0.25) is 0 Å². The van der Waals surface area contributed by atoms with Crippen LogP contribution in [0.4, 0.5) is 3.89 Å². The van der Waals surface area contributed by atoms with Gasteiger partial charge in [0.1, 0.15) is 0 Å². The number of hydrogen-bond donors (Lipinski definition) is 2. The van der Waals surface area contributed by atoms with E-state index in [9.17, 15) is 8.68 Å². The van der Waals surface area contributed by atoms with Gasteiger partial charge in [0.15, 0.2) is 0 Å². The lowest BCUT2D eigenvalue weighted by Crippen LogP contribution is -2.40. The van der Waals surface area contributed by atoms with E-state index < -0.39 is 6.04 Å². The summed E-state index contributed by atoms with van der Waals surface area (Å²) in [6.45, 7) is 0.610. The minimum Gasteiger partial charge on any atom is -0.358 e. The lowest BCUT2D eigenvalue weighted by atomic mass is 10.2. The third-order valence-electron chi connectivity index (χ3n) is 2.21. The summed E-state index contributed by atoms with van der Waals surface area (Å²) in [6.07, 6.45) is 2.76. The molecule has 17 heavy (non-hydrogen) atoms. The molecule has 1 unspecified atom stereocenters. The normalized spacial score (nSPS) is 12.4. The van der Waals surface area contributed by atoms with Gasteiger partial charge in [-0.05, 0) is 6.42 Å². The molecule has 0 bridgehead atoms. The van der Waals surface area contributed by atoms with Gasteiger partial charge in [0.25, 0.3) is 0 Å². The first-order chi connectivity index (χ1) is 8.17. The molecule has 1 rings (SSSR count). The van der Waals surface area contributed by atoms with Crippen LogP contribution in [0.25, 0.3) is 0 Å². The number of halogens is 1. The highest BCUT2D eigenvalue weighted by molar-refractivity contribution is 7.94. The minimum atomic E-state index is -0.619. The Kier molecular flexibility index (Phi) is 5.92. The van der Waals surface area contributed by atoms with Gasteiger partial charge in [-0.1, -0.05) is 5.21 Å². The van der Waals surface area contributed by atoms with E-state index in [0.717, 1.165) is 0 Å². The number of aromatic nitrogens is 3. The van der Waals surface area contributed by atoms with Crippen LogP contribution < -0.4 is 11.1 Å². The molecule has 0 saturated heterocycles. The van der Waals surface area contributed by atoms with Gasteiger partial charge in [-0.15, -0.1) is 5.10 Å². The van der Waals surface area contributed by atoms with E-state index in [2.05, 4.69) is 15.6 Å². The Morgan fingerprint density at radius 3 is 3.18 bits per heavy atom. The van der Waals surface area contributed by atoms with Crippen LogP contribution in [-0.4, -0.2) is 39.7 Å². The first kappa shape index (κ1) is 13.9. The van der Waals surface area contributed by atoms with E-state index in [-0.39, 0.29) is 5.91 Å². The van der Waals surface area contributed by atoms with Crippen LogP contribution in [0.1, 0.15) is 12.1 Å². The lowest BCUT2D eigenvalue weighted by Gasteiger charge is -2.06. The molecule has 96 valence electrons. The predicted octanol–water partition coefficient (Wildman–Crippen LogP) is -0.0983. The average Bonchev–Trinajstić information content (AvgIpc) is 2.76. The van der Waals surface area contributed by atoms with Crippen molar-refractivity contribution in [3.63, 3.8) is 0 Å². The number of nitrogens with two attached hydrogens (primary N) is 1. The number of carbonyl (C=O) groups is 1. The largest absolute Gasteiger partial charge is 0.358 e. The van der Waals surface area contributed by atoms with Gasteiger partial charge in [-0.2, -0.15) is 3.89 Å². The standard InChI is InChI=1S/C9H16FN5OS/c1-12-9(16)8(11)5-7-6-15(14-13-7)3-2-4-17-10/h6,8H,2-5,11H2,1H3,(H,12,16). The fourth-order valence-corrected chi connectivity index (χ4v) is 1.56. The number of rotatable bonds is 7. The maximum Gasteiger partial charge on any atom is 0.237 e. The number of carbonyl (C=O) groups excluding carboxylic acids is 1. The van der Waals surface area contributed by atoms with Crippen molar-refractivity contribution in [3.05, 3.63) is 11.9 Å². The van der Waals surface area contributed by atoms with Crippen LogP contribution in [0.5, 0.6) is 0 Å². The molecule has 6 nitrogen and oxygen atoms in total. The Hall–Kier alpha value is -1.15. The highest BCUT2D eigenvalue weighted by Gasteiger charge is 2.14. The quantitative estimate of drug-likeness (QED) is 0.670. The van der Waals surface area contributed by atoms with Crippen molar-refractivity contribution in [2.45, 2.75) is 25.4 Å². The summed E-state index contributed by atoms with van der Waals surface area (Å²) in [6, 6.07) is -0.619. The zero-order chi connectivity index (χ0) is 12.7. The van der Waals surface area contributed by atoms with Crippen molar-refractivity contribution < 1.29 is 8.68 Å². The van der Waals surface area contributed by atoms with E-state index in [1.54, 1.807) is 10.9 Å². The molecule has 1 heterocycles. The van der Waals surface area contributed by atoms with Crippen LogP contribution in [0.15, 0.2) is 6.20 Å². The zero-order valence-electron chi connectivity index (χ0n) is 9.60. The number of nitrogens with zero attached hydrogens (tertiary/aromatic N) is 3. The monoisotopic (exact) mass is 261 g/mol. The fourth-order valence-electron chi connectivity index (χ4n) is 1.33. The van der Waals surface area contributed by atoms with E-state index >= 15 is 0 Å². The number of likely N-dealkylation sites (N-methyl/N-ethyl adjacent to an activating group) is 1. The van der Waals surface area contributed by atoms with Crippen LogP contribution in [0.3, 0.4) is 0 Å². The van der Waals surface area contributed by atoms with Crippen LogP contribution in [0, 0.1) is 0 Å². The second kappa shape index (κ2) is 7.23. The number of amides is 1. The molecule has 0 fully saturated rings. The average molecular weight is 261 g/mol. The molecule has 0 saturated carbocycles. The van der Waals surface area contributed by atoms with Crippen LogP contribution >= 0.6 is 12.1 Å². The Bertz CT molecular complexity index is 359. The van der Waals surface area contributed by atoms with Gasteiger partial charge < -0.3 is 11.1 Å². The molecule has 1 atom stereocenters. The Balaban J connectivity index is 2.42. The molecule has 8 heteroatoms. The first-order valence-electron chi connectivity index (χ1n) is 5.27. The highest BCUT2D eigenvalue weighted by Crippen LogP contribution is 2.04. The van der Waals surface area contributed by atoms with Crippen molar-refractivity contribution in [1.82, 2.24) is 20.3 Å². The maximum absolute atomic E-state index is 11.8. The highest BCUT2D eigenvalue weighted by atomic mass is 32.2. The minimum absolute atomic E-state index is 0.228. The van der Waals surface area contributed by atoms with Gasteiger partial charge in [0.05, 0.1) is 11.7 Å². The van der Waals surface area contributed by atoms with E-state index in [1.165, 1.54) is 7.05 Å². The maximum atomic E-state index is 11.8. The number of hydrogen-bond acceptors (Lipinski definition) is 5. The number of nitrogens with one attached hydrogen (secondary N) is 1. The third kappa shape index (κ3) is 4.70. The topological polar surface area (TPSA) is 85.8 Å². The van der Waals surface area contributed by atoms with Gasteiger partial charge in [-0.25, -0.2) is 0 Å². The lowest BCUT2D eigenvalue weighted by molar-refractivity contribution is -0.121. The van der Waals surface area contributed by atoms with Gasteiger partial charge >= 0.3 is 0 Å². The molecule has 1 amide bonds. The summed E-state index contributed by atoms with van der Waals surface area (Å²) in [7, 11) is 1.54. The predicted molar refractivity (Wildman–Crippen MR) is 64.0 cm³/mol. The van der Waals surface area contributed by atoms with Gasteiger partial charge in [0, 0.05) is 44.1 Å². The smallest absolute Gasteiger partial charge is 0.237 e. The first-order valence-corrected chi connectivity index (χ1v) is 6.15. The van der Waals surface area contributed by atoms with Gasteiger partial charge in [0.2, 0.25) is 5.91 Å². The van der Waals surface area contributed by atoms with Crippen molar-refractivity contribution in [2.24, 2.45) is 5.73 Å². The molecule has 0 aliphatic carbocycles. The Morgan fingerprint density at radius 1 is 1.76 bits per heavy atom. The van der Waals surface area contributed by atoms with E-state index in [4.69, 9.17) is 5.73 Å². The van der Waals surface area contributed by atoms with E-state index in [0.29, 0.717) is 43.0 Å². The SMILES string of the molecule is CNC(=O)C(N)Cc1cn(CCCSF)nn1. The molecular weight excluding hydrogens is 245 g/mol. The molecule has 1 aromatic rings. The van der Waals surface area contributed by atoms with Crippen LogP contribution in [-0.2, 0) is 17.8 Å². The summed E-state index contributed by atoms with van der Waals surface area (Å²) >= 11 is 0.311. The summed E-state index contributed by atoms with van der Waals surface area (Å²) in [5.74, 6) is 0.209. The molecule has 0 radical (unpaired) electrons. The van der Waals surface area contributed by atoms with Gasteiger partial charge in [-0.3, -0.25) is 9.48 Å². The molecule has 0 spiro atoms. The van der Waals surface area contributed by atoms with Crippen molar-refractivity contribution in [2.75, 3.05) is 12.8 Å². The summed E-state index contributed by atoms with van der Waals surface area (Å²) in [4.78, 5) is 11.2. The number of aryl methyl sites for hydroxylation is 1. The fraction of sp³-hybridized carbons (Fsp3) is 0.667. The molecule has 1 aromatic heterocycles. The van der Waals surface area contributed by atoms with Crippen molar-refractivity contribution >= 4 is 18.1 Å². The second-order valence-electron chi connectivity index (χ2n) is 3.56. The summed E-state index contributed by atoms with van der Waals surface area (Å²) in [5.41, 5.74) is 6.31. The molecular formula is C9H16FN5OS. The third-order valence-corrected chi connectivity index (χ3v) is 2.65. The zero-order valence-corrected chi connectivity index (χ0v) is 10.4. The van der Waals surface area contributed by atoms with Crippen molar-refractivity contribution in [1.29, 1.82) is 0 Å². The Labute approximate surface area is 103 Å². The second-order valence-corrected chi connectivity index (χ2v) is 4.19. The van der Waals surface area contributed by atoms with Crippen molar-refractivity contribution in [3.8, 4) is 0 Å². The summed E-state index contributed by atoms with van der Waals surface area (Å²) in [5, 5.41) is 10.2. The summed E-state index contributed by atoms with van der Waals surface area (Å²) < 4.78 is 13.4. The Morgan fingerprint density at radius 2 is 2.53 bits per heavy atom. The molecule has 3 N–H and O–H groups in total. The molecule has 0 aliphatic heterocycles.